The van der Waals surface area contributed by atoms with Crippen LogP contribution < -0.4 is 11.3 Å². The quantitative estimate of drug-likeness (QED) is 0.279. The van der Waals surface area contributed by atoms with E-state index in [0.29, 0.717) is 0 Å². The lowest BCUT2D eigenvalue weighted by molar-refractivity contribution is -0.122. The molecule has 0 saturated carbocycles. The van der Waals surface area contributed by atoms with Gasteiger partial charge in [0.25, 0.3) is 5.56 Å². The number of ether oxygens (including phenoxy) is 1. The molecule has 0 unspecified atom stereocenters. The number of H-pyrrole nitrogens is 1. The SMILES string of the molecule is Nc1nc2c(ncn2[C@@H]2O[C@H](CO)[C@@H](O)[C@H]2O)c(=O)[nH]1.O=CC=O. The highest BCUT2D eigenvalue weighted by molar-refractivity contribution is 6.09. The van der Waals surface area contributed by atoms with E-state index >= 15 is 0 Å². The van der Waals surface area contributed by atoms with Gasteiger partial charge in [-0.3, -0.25) is 23.9 Å². The number of anilines is 1. The van der Waals surface area contributed by atoms with Gasteiger partial charge < -0.3 is 25.8 Å². The van der Waals surface area contributed by atoms with Crippen LogP contribution in [0, 0.1) is 0 Å². The zero-order valence-electron chi connectivity index (χ0n) is 12.1. The molecule has 1 fully saturated rings. The number of aldehydes is 2. The first kappa shape index (κ1) is 17.7. The number of carbonyl (C=O) groups is 2. The molecule has 3 rings (SSSR count). The van der Waals surface area contributed by atoms with Crippen molar-refractivity contribution in [1.82, 2.24) is 19.5 Å². The first-order chi connectivity index (χ1) is 11.4. The molecule has 3 heterocycles. The van der Waals surface area contributed by atoms with Crippen LogP contribution in [0.2, 0.25) is 0 Å². The number of aromatic amines is 1. The summed E-state index contributed by atoms with van der Waals surface area (Å²) in [7, 11) is 0. The van der Waals surface area contributed by atoms with Gasteiger partial charge in [-0.2, -0.15) is 4.98 Å². The number of carbonyl (C=O) groups excluding carboxylic acids is 2. The Balaban J connectivity index is 0.000000471. The average Bonchev–Trinajstić information content (AvgIpc) is 3.10. The van der Waals surface area contributed by atoms with E-state index in [2.05, 4.69) is 15.0 Å². The van der Waals surface area contributed by atoms with Crippen molar-refractivity contribution in [3.63, 3.8) is 0 Å². The number of nitrogen functional groups attached to an aromatic ring is 1. The van der Waals surface area contributed by atoms with E-state index in [1.54, 1.807) is 0 Å². The summed E-state index contributed by atoms with van der Waals surface area (Å²) in [5.74, 6) is -0.101. The van der Waals surface area contributed by atoms with Crippen LogP contribution in [0.15, 0.2) is 11.1 Å². The molecule has 4 atom stereocenters. The third-order valence-electron chi connectivity index (χ3n) is 3.30. The summed E-state index contributed by atoms with van der Waals surface area (Å²) in [4.78, 5) is 39.4. The second kappa shape index (κ2) is 7.27. The molecule has 2 aromatic rings. The van der Waals surface area contributed by atoms with Crippen LogP contribution in [0.5, 0.6) is 0 Å². The van der Waals surface area contributed by atoms with E-state index in [4.69, 9.17) is 25.2 Å². The van der Waals surface area contributed by atoms with Gasteiger partial charge in [0.2, 0.25) is 5.95 Å². The van der Waals surface area contributed by atoms with E-state index in [-0.39, 0.29) is 29.7 Å². The van der Waals surface area contributed by atoms with Crippen molar-refractivity contribution in [3.05, 3.63) is 16.7 Å². The minimum Gasteiger partial charge on any atom is -0.394 e. The molecule has 0 radical (unpaired) electrons. The van der Waals surface area contributed by atoms with Gasteiger partial charge >= 0.3 is 0 Å². The highest BCUT2D eigenvalue weighted by atomic mass is 16.6. The number of rotatable bonds is 3. The summed E-state index contributed by atoms with van der Waals surface area (Å²) in [5, 5.41) is 28.7. The molecule has 12 heteroatoms. The Morgan fingerprint density at radius 3 is 2.54 bits per heavy atom. The van der Waals surface area contributed by atoms with E-state index in [9.17, 15) is 15.0 Å². The molecule has 0 amide bonds. The van der Waals surface area contributed by atoms with Gasteiger partial charge in [-0.15, -0.1) is 0 Å². The van der Waals surface area contributed by atoms with Crippen LogP contribution in [0.25, 0.3) is 11.2 Å². The van der Waals surface area contributed by atoms with Crippen LogP contribution in [0.1, 0.15) is 6.23 Å². The van der Waals surface area contributed by atoms with Gasteiger partial charge in [0.05, 0.1) is 12.9 Å². The Morgan fingerprint density at radius 1 is 1.33 bits per heavy atom. The maximum Gasteiger partial charge on any atom is 0.280 e. The van der Waals surface area contributed by atoms with Gasteiger partial charge in [-0.25, -0.2) is 4.98 Å². The molecule has 1 saturated heterocycles. The molecular weight excluding hydrogens is 326 g/mol. The lowest BCUT2D eigenvalue weighted by atomic mass is 10.1. The standard InChI is InChI=1S/C10H13N5O5.C2H2O2/c11-10-13-7-4(8(19)14-10)12-2-15(7)9-6(18)5(17)3(1-16)20-9;3-1-2-4/h2-3,5-6,9,16-18H,1H2,(H3,11,13,14,19);1-2H/t3-,5-,6-,9-;/m1./s1. The fourth-order valence-corrected chi connectivity index (χ4v) is 2.24. The molecule has 6 N–H and O–H groups in total. The number of aliphatic hydroxyl groups is 3. The smallest absolute Gasteiger partial charge is 0.280 e. The van der Waals surface area contributed by atoms with Crippen LogP contribution in [-0.4, -0.2) is 72.3 Å². The summed E-state index contributed by atoms with van der Waals surface area (Å²) in [6.45, 7) is -0.447. The second-order valence-corrected chi connectivity index (χ2v) is 4.78. The zero-order chi connectivity index (χ0) is 17.9. The number of aromatic nitrogens is 4. The highest BCUT2D eigenvalue weighted by Gasteiger charge is 2.44. The molecule has 130 valence electrons. The minimum absolute atomic E-state index is 0.0388. The van der Waals surface area contributed by atoms with Gasteiger partial charge in [-0.1, -0.05) is 0 Å². The summed E-state index contributed by atoms with van der Waals surface area (Å²) in [5.41, 5.74) is 5.12. The van der Waals surface area contributed by atoms with Crippen molar-refractivity contribution in [3.8, 4) is 0 Å². The predicted molar refractivity (Wildman–Crippen MR) is 77.7 cm³/mol. The molecule has 0 aromatic carbocycles. The first-order valence-electron chi connectivity index (χ1n) is 6.68. The maximum atomic E-state index is 11.7. The number of fused-ring (bicyclic) bond motifs is 1. The van der Waals surface area contributed by atoms with Crippen LogP contribution >= 0.6 is 0 Å². The molecule has 1 aliphatic heterocycles. The number of hydrogen-bond donors (Lipinski definition) is 5. The number of aliphatic hydroxyl groups excluding tert-OH is 3. The van der Waals surface area contributed by atoms with Crippen molar-refractivity contribution in [2.24, 2.45) is 0 Å². The molecule has 0 aliphatic carbocycles. The van der Waals surface area contributed by atoms with Crippen molar-refractivity contribution in [2.75, 3.05) is 12.3 Å². The van der Waals surface area contributed by atoms with Gasteiger partial charge in [0, 0.05) is 0 Å². The van der Waals surface area contributed by atoms with Crippen molar-refractivity contribution in [1.29, 1.82) is 0 Å². The van der Waals surface area contributed by atoms with Crippen molar-refractivity contribution < 1.29 is 29.6 Å². The van der Waals surface area contributed by atoms with Crippen LogP contribution in [-0.2, 0) is 14.3 Å². The fourth-order valence-electron chi connectivity index (χ4n) is 2.24. The summed E-state index contributed by atoms with van der Waals surface area (Å²) < 4.78 is 6.64. The first-order valence-corrected chi connectivity index (χ1v) is 6.68. The van der Waals surface area contributed by atoms with Crippen molar-refractivity contribution >= 4 is 29.7 Å². The van der Waals surface area contributed by atoms with E-state index in [1.807, 2.05) is 0 Å². The summed E-state index contributed by atoms with van der Waals surface area (Å²) in [6.07, 6.45) is -2.83. The third kappa shape index (κ3) is 3.16. The Bertz CT molecular complexity index is 782. The minimum atomic E-state index is -1.29. The van der Waals surface area contributed by atoms with E-state index in [0.717, 1.165) is 0 Å². The Hall–Kier alpha value is -2.67. The molecule has 0 spiro atoms. The predicted octanol–water partition coefficient (Wildman–Crippen LogP) is -3.30. The van der Waals surface area contributed by atoms with E-state index < -0.39 is 36.7 Å². The molecule has 2 aromatic heterocycles. The Labute approximate surface area is 133 Å². The average molecular weight is 341 g/mol. The van der Waals surface area contributed by atoms with Crippen molar-refractivity contribution in [2.45, 2.75) is 24.5 Å². The number of nitrogens with zero attached hydrogens (tertiary/aromatic N) is 3. The molecular formula is C12H15N5O7. The Kier molecular flexibility index (Phi) is 5.35. The topological polar surface area (TPSA) is 194 Å². The van der Waals surface area contributed by atoms with Gasteiger partial charge in [-0.05, 0) is 0 Å². The molecule has 12 nitrogen and oxygen atoms in total. The lowest BCUT2D eigenvalue weighted by Gasteiger charge is -2.16. The fraction of sp³-hybridized carbons (Fsp3) is 0.417. The lowest BCUT2D eigenvalue weighted by Crippen LogP contribution is -2.33. The van der Waals surface area contributed by atoms with Gasteiger partial charge in [0.1, 0.15) is 18.3 Å². The van der Waals surface area contributed by atoms with Crippen LogP contribution in [0.4, 0.5) is 5.95 Å². The van der Waals surface area contributed by atoms with Gasteiger partial charge in [0.15, 0.2) is 30.0 Å². The largest absolute Gasteiger partial charge is 0.394 e. The molecule has 0 bridgehead atoms. The zero-order valence-corrected chi connectivity index (χ0v) is 12.1. The summed E-state index contributed by atoms with van der Waals surface area (Å²) >= 11 is 0. The number of nitrogens with one attached hydrogen (secondary N) is 1. The maximum absolute atomic E-state index is 11.7. The monoisotopic (exact) mass is 341 g/mol. The normalized spacial score (nSPS) is 26.0. The van der Waals surface area contributed by atoms with E-state index in [1.165, 1.54) is 10.9 Å². The highest BCUT2D eigenvalue weighted by Crippen LogP contribution is 2.30. The third-order valence-corrected chi connectivity index (χ3v) is 3.30. The number of hydrogen-bond acceptors (Lipinski definition) is 10. The number of imidazole rings is 1. The Morgan fingerprint density at radius 2 is 2.00 bits per heavy atom. The summed E-state index contributed by atoms with van der Waals surface area (Å²) in [6, 6.07) is 0. The van der Waals surface area contributed by atoms with Crippen LogP contribution in [0.3, 0.4) is 0 Å². The number of nitrogens with two attached hydrogens (primary N) is 1. The molecule has 24 heavy (non-hydrogen) atoms. The molecule has 1 aliphatic rings. The second-order valence-electron chi connectivity index (χ2n) is 4.78.